The third kappa shape index (κ3) is 4.12. The van der Waals surface area contributed by atoms with Crippen molar-refractivity contribution in [3.8, 4) is 11.6 Å². The number of carbonyl (C=O) groups is 1. The molecule has 1 aliphatic rings. The normalized spacial score (nSPS) is 19.8. The van der Waals surface area contributed by atoms with Gasteiger partial charge in [-0.3, -0.25) is 4.79 Å². The predicted molar refractivity (Wildman–Crippen MR) is 114 cm³/mol. The lowest BCUT2D eigenvalue weighted by Gasteiger charge is -2.29. The summed E-state index contributed by atoms with van der Waals surface area (Å²) in [6, 6.07) is 8.12. The summed E-state index contributed by atoms with van der Waals surface area (Å²) in [7, 11) is 1.89. The molecule has 8 heteroatoms. The van der Waals surface area contributed by atoms with Crippen LogP contribution in [0.1, 0.15) is 32.6 Å². The Balaban J connectivity index is 1.42. The second kappa shape index (κ2) is 8.29. The van der Waals surface area contributed by atoms with Gasteiger partial charge in [-0.1, -0.05) is 47.5 Å². The van der Waals surface area contributed by atoms with Gasteiger partial charge in [-0.05, 0) is 43.0 Å². The molecule has 1 amide bonds. The van der Waals surface area contributed by atoms with Crippen molar-refractivity contribution in [1.82, 2.24) is 20.1 Å². The number of rotatable bonds is 5. The predicted octanol–water partition coefficient (Wildman–Crippen LogP) is 4.78. The van der Waals surface area contributed by atoms with E-state index in [9.17, 15) is 4.79 Å². The van der Waals surface area contributed by atoms with Crippen LogP contribution in [0.4, 0.5) is 0 Å². The number of hydrogen-bond acceptors (Lipinski definition) is 5. The average molecular weight is 463 g/mol. The molecule has 6 nitrogen and oxygen atoms in total. The van der Waals surface area contributed by atoms with Crippen LogP contribution in [-0.4, -0.2) is 32.5 Å². The number of nitrogens with one attached hydrogen (secondary N) is 1. The number of aromatic nitrogens is 3. The Morgan fingerprint density at radius 1 is 1.32 bits per heavy atom. The minimum absolute atomic E-state index is 0.0573. The van der Waals surface area contributed by atoms with Crippen LogP contribution in [0.5, 0.6) is 0 Å². The van der Waals surface area contributed by atoms with Crippen molar-refractivity contribution in [2.45, 2.75) is 43.8 Å². The first kappa shape index (κ1) is 19.5. The van der Waals surface area contributed by atoms with E-state index in [4.69, 9.17) is 4.42 Å². The van der Waals surface area contributed by atoms with Gasteiger partial charge in [0, 0.05) is 22.9 Å². The van der Waals surface area contributed by atoms with Crippen molar-refractivity contribution in [3.05, 3.63) is 28.7 Å². The van der Waals surface area contributed by atoms with Gasteiger partial charge in [0.2, 0.25) is 5.91 Å². The Bertz CT molecular complexity index is 999. The van der Waals surface area contributed by atoms with E-state index in [0.29, 0.717) is 34.5 Å². The number of furan rings is 1. The molecule has 1 aliphatic carbocycles. The van der Waals surface area contributed by atoms with Crippen LogP contribution in [0, 0.1) is 5.92 Å². The molecular weight excluding hydrogens is 440 g/mol. The molecule has 1 aromatic carbocycles. The van der Waals surface area contributed by atoms with Gasteiger partial charge in [0.05, 0.1) is 5.75 Å². The number of carbonyl (C=O) groups excluding carboxylic acids is 1. The van der Waals surface area contributed by atoms with Crippen molar-refractivity contribution in [3.63, 3.8) is 0 Å². The number of halogens is 1. The summed E-state index contributed by atoms with van der Waals surface area (Å²) in [6.07, 6.45) is 4.73. The zero-order chi connectivity index (χ0) is 19.7. The van der Waals surface area contributed by atoms with Crippen molar-refractivity contribution >= 4 is 44.6 Å². The number of benzene rings is 1. The largest absolute Gasteiger partial charge is 0.453 e. The maximum atomic E-state index is 12.4. The lowest BCUT2D eigenvalue weighted by molar-refractivity contribution is -0.119. The molecule has 0 aliphatic heterocycles. The van der Waals surface area contributed by atoms with E-state index in [-0.39, 0.29) is 5.91 Å². The van der Waals surface area contributed by atoms with Gasteiger partial charge < -0.3 is 14.3 Å². The van der Waals surface area contributed by atoms with Crippen molar-refractivity contribution in [2.24, 2.45) is 13.0 Å². The van der Waals surface area contributed by atoms with Gasteiger partial charge in [0.25, 0.3) is 0 Å². The first-order valence-electron chi connectivity index (χ1n) is 9.52. The second-order valence-electron chi connectivity index (χ2n) is 7.38. The maximum absolute atomic E-state index is 12.4. The molecule has 0 saturated heterocycles. The second-order valence-corrected chi connectivity index (χ2v) is 9.24. The fourth-order valence-corrected chi connectivity index (χ4v) is 4.79. The van der Waals surface area contributed by atoms with Crippen LogP contribution < -0.4 is 5.32 Å². The Kier molecular flexibility index (Phi) is 5.78. The Morgan fingerprint density at radius 3 is 2.96 bits per heavy atom. The summed E-state index contributed by atoms with van der Waals surface area (Å²) >= 11 is 4.87. The van der Waals surface area contributed by atoms with E-state index in [1.165, 1.54) is 31.0 Å². The Labute approximate surface area is 176 Å². The van der Waals surface area contributed by atoms with Gasteiger partial charge in [-0.2, -0.15) is 0 Å². The van der Waals surface area contributed by atoms with Crippen LogP contribution in [0.3, 0.4) is 0 Å². The van der Waals surface area contributed by atoms with Crippen molar-refractivity contribution in [1.29, 1.82) is 0 Å². The highest BCUT2D eigenvalue weighted by Gasteiger charge is 2.23. The van der Waals surface area contributed by atoms with E-state index in [2.05, 4.69) is 38.4 Å². The number of hydrogen-bond donors (Lipinski definition) is 1. The van der Waals surface area contributed by atoms with Gasteiger partial charge in [-0.15, -0.1) is 10.2 Å². The lowest BCUT2D eigenvalue weighted by atomic mass is 9.86. The fourth-order valence-electron chi connectivity index (χ4n) is 3.69. The molecular formula is C20H23BrN4O2S. The number of nitrogens with zero attached hydrogens (tertiary/aromatic N) is 3. The molecule has 4 rings (SSSR count). The van der Waals surface area contributed by atoms with Crippen LogP contribution >= 0.6 is 27.7 Å². The Hall–Kier alpha value is -1.80. The monoisotopic (exact) mass is 462 g/mol. The lowest BCUT2D eigenvalue weighted by Crippen LogP contribution is -2.41. The number of fused-ring (bicyclic) bond motifs is 1. The molecule has 2 heterocycles. The first-order chi connectivity index (χ1) is 13.5. The van der Waals surface area contributed by atoms with E-state index in [1.54, 1.807) is 0 Å². The molecule has 2 atom stereocenters. The quantitative estimate of drug-likeness (QED) is 0.552. The van der Waals surface area contributed by atoms with E-state index in [1.807, 2.05) is 35.9 Å². The third-order valence-electron chi connectivity index (χ3n) is 5.32. The maximum Gasteiger partial charge on any atom is 0.230 e. The minimum Gasteiger partial charge on any atom is -0.453 e. The van der Waals surface area contributed by atoms with E-state index < -0.39 is 0 Å². The highest BCUT2D eigenvalue weighted by Crippen LogP contribution is 2.30. The zero-order valence-corrected chi connectivity index (χ0v) is 18.3. The van der Waals surface area contributed by atoms with Crippen LogP contribution in [0.15, 0.2) is 38.3 Å². The summed E-state index contributed by atoms with van der Waals surface area (Å²) in [6.45, 7) is 2.22. The topological polar surface area (TPSA) is 73.0 Å². The standard InChI is InChI=1S/C20H23BrN4O2S/c1-12-5-3-4-6-15(12)22-18(26)11-28-20-24-23-19(25(20)2)17-10-13-9-14(21)7-8-16(13)27-17/h7-10,12,15H,3-6,11H2,1-2H3,(H,22,26). The molecule has 3 aromatic rings. The molecule has 28 heavy (non-hydrogen) atoms. The summed E-state index contributed by atoms with van der Waals surface area (Å²) in [4.78, 5) is 12.4. The highest BCUT2D eigenvalue weighted by molar-refractivity contribution is 9.10. The van der Waals surface area contributed by atoms with Crippen LogP contribution in [-0.2, 0) is 11.8 Å². The number of thioether (sulfide) groups is 1. The first-order valence-corrected chi connectivity index (χ1v) is 11.3. The summed E-state index contributed by atoms with van der Waals surface area (Å²) in [5, 5.41) is 13.4. The van der Waals surface area contributed by atoms with E-state index in [0.717, 1.165) is 21.9 Å². The molecule has 0 bridgehead atoms. The molecule has 2 aromatic heterocycles. The molecule has 1 fully saturated rings. The molecule has 2 unspecified atom stereocenters. The zero-order valence-electron chi connectivity index (χ0n) is 15.9. The van der Waals surface area contributed by atoms with Crippen LogP contribution in [0.25, 0.3) is 22.6 Å². The van der Waals surface area contributed by atoms with Gasteiger partial charge >= 0.3 is 0 Å². The number of amides is 1. The smallest absolute Gasteiger partial charge is 0.230 e. The van der Waals surface area contributed by atoms with Gasteiger partial charge in [0.1, 0.15) is 5.58 Å². The molecule has 148 valence electrons. The highest BCUT2D eigenvalue weighted by atomic mass is 79.9. The molecule has 1 N–H and O–H groups in total. The summed E-state index contributed by atoms with van der Waals surface area (Å²) in [5.74, 6) is 2.26. The summed E-state index contributed by atoms with van der Waals surface area (Å²) in [5.41, 5.74) is 0.802. The van der Waals surface area contributed by atoms with Crippen molar-refractivity contribution < 1.29 is 9.21 Å². The van der Waals surface area contributed by atoms with Crippen LogP contribution in [0.2, 0.25) is 0 Å². The third-order valence-corrected chi connectivity index (χ3v) is 6.84. The van der Waals surface area contributed by atoms with Gasteiger partial charge in [-0.25, -0.2) is 0 Å². The molecule has 0 spiro atoms. The van der Waals surface area contributed by atoms with E-state index >= 15 is 0 Å². The fraction of sp³-hybridized carbons (Fsp3) is 0.450. The SMILES string of the molecule is CC1CCCCC1NC(=O)CSc1nnc(-c2cc3cc(Br)ccc3o2)n1C. The molecule has 0 radical (unpaired) electrons. The average Bonchev–Trinajstić information content (AvgIpc) is 3.24. The van der Waals surface area contributed by atoms with Crippen molar-refractivity contribution in [2.75, 3.05) is 5.75 Å². The minimum atomic E-state index is 0.0573. The van der Waals surface area contributed by atoms with Gasteiger partial charge in [0.15, 0.2) is 16.7 Å². The summed E-state index contributed by atoms with van der Waals surface area (Å²) < 4.78 is 8.78. The molecule has 1 saturated carbocycles. The Morgan fingerprint density at radius 2 is 2.14 bits per heavy atom.